The van der Waals surface area contributed by atoms with Gasteiger partial charge >= 0.3 is 0 Å². The third-order valence-corrected chi connectivity index (χ3v) is 1.84. The van der Waals surface area contributed by atoms with E-state index < -0.39 is 0 Å². The van der Waals surface area contributed by atoms with E-state index in [2.05, 4.69) is 24.2 Å². The van der Waals surface area contributed by atoms with E-state index >= 15 is 0 Å². The summed E-state index contributed by atoms with van der Waals surface area (Å²) in [5.74, 6) is 1.15. The molecule has 0 aliphatic rings. The first-order valence-corrected chi connectivity index (χ1v) is 4.38. The molecular weight excluding hydrogens is 152 g/mol. The Morgan fingerprint density at radius 1 is 1.67 bits per heavy atom. The molecule has 0 bridgehead atoms. The minimum atomic E-state index is 0.499. The highest BCUT2D eigenvalue weighted by Gasteiger charge is 2.02. The second kappa shape index (κ2) is 4.09. The molecule has 12 heavy (non-hydrogen) atoms. The molecule has 1 aromatic rings. The second-order valence-corrected chi connectivity index (χ2v) is 3.26. The van der Waals surface area contributed by atoms with Crippen LogP contribution < -0.4 is 5.73 Å². The molecule has 0 radical (unpaired) electrons. The summed E-state index contributed by atoms with van der Waals surface area (Å²) in [5, 5.41) is 7.60. The molecule has 1 aromatic heterocycles. The molecule has 0 aliphatic carbocycles. The molecule has 68 valence electrons. The van der Waals surface area contributed by atoms with Gasteiger partial charge in [-0.3, -0.25) is 4.68 Å². The lowest BCUT2D eigenvalue weighted by Crippen LogP contribution is -2.07. The van der Waals surface area contributed by atoms with E-state index in [1.54, 1.807) is 10.9 Å². The van der Waals surface area contributed by atoms with E-state index in [-0.39, 0.29) is 0 Å². The maximum Gasteiger partial charge on any atom is 0.165 e. The van der Waals surface area contributed by atoms with E-state index in [0.29, 0.717) is 11.7 Å². The van der Waals surface area contributed by atoms with Gasteiger partial charge in [0.05, 0.1) is 6.20 Å². The van der Waals surface area contributed by atoms with Crippen LogP contribution in [0.1, 0.15) is 26.7 Å². The first-order chi connectivity index (χ1) is 5.72. The van der Waals surface area contributed by atoms with Gasteiger partial charge in [0.1, 0.15) is 0 Å². The fourth-order valence-corrected chi connectivity index (χ4v) is 1.31. The number of nitrogens with two attached hydrogens (primary N) is 1. The van der Waals surface area contributed by atoms with Crippen molar-refractivity contribution in [2.24, 2.45) is 5.92 Å². The van der Waals surface area contributed by atoms with Crippen molar-refractivity contribution >= 4 is 5.82 Å². The van der Waals surface area contributed by atoms with Crippen LogP contribution in [-0.2, 0) is 6.54 Å². The molecule has 2 N–H and O–H groups in total. The molecule has 0 saturated carbocycles. The number of nitrogens with zero attached hydrogens (tertiary/aromatic N) is 3. The van der Waals surface area contributed by atoms with E-state index in [1.807, 2.05) is 0 Å². The monoisotopic (exact) mass is 168 g/mol. The van der Waals surface area contributed by atoms with Crippen LogP contribution in [-0.4, -0.2) is 15.0 Å². The molecule has 4 heteroatoms. The lowest BCUT2D eigenvalue weighted by molar-refractivity contribution is 0.414. The van der Waals surface area contributed by atoms with Gasteiger partial charge in [-0.25, -0.2) is 0 Å². The largest absolute Gasteiger partial charge is 0.381 e. The molecule has 0 fully saturated rings. The molecule has 0 amide bonds. The van der Waals surface area contributed by atoms with Crippen LogP contribution in [0.3, 0.4) is 0 Å². The molecule has 0 aromatic carbocycles. The van der Waals surface area contributed by atoms with E-state index in [1.165, 1.54) is 12.8 Å². The maximum atomic E-state index is 5.43. The highest BCUT2D eigenvalue weighted by Crippen LogP contribution is 2.07. The van der Waals surface area contributed by atoms with Gasteiger partial charge in [-0.1, -0.05) is 25.5 Å². The highest BCUT2D eigenvalue weighted by molar-refractivity contribution is 5.19. The Balaban J connectivity index is 2.41. The van der Waals surface area contributed by atoms with Crippen LogP contribution in [0, 0.1) is 5.92 Å². The van der Waals surface area contributed by atoms with Crippen molar-refractivity contribution in [3.05, 3.63) is 6.20 Å². The number of aromatic nitrogens is 3. The summed E-state index contributed by atoms with van der Waals surface area (Å²) in [6.07, 6.45) is 4.21. The van der Waals surface area contributed by atoms with Crippen molar-refractivity contribution in [1.29, 1.82) is 0 Å². The van der Waals surface area contributed by atoms with Gasteiger partial charge in [-0.15, -0.1) is 5.10 Å². The zero-order chi connectivity index (χ0) is 8.97. The van der Waals surface area contributed by atoms with Crippen molar-refractivity contribution < 1.29 is 0 Å². The molecular formula is C8H16N4. The standard InChI is InChI=1S/C8H16N4/c1-3-4-7(2)5-12-6-8(9)10-11-12/h6-7H,3-5,9H2,1-2H3. The molecule has 1 rings (SSSR count). The third-order valence-electron chi connectivity index (χ3n) is 1.84. The fourth-order valence-electron chi connectivity index (χ4n) is 1.31. The average Bonchev–Trinajstić information content (AvgIpc) is 2.36. The summed E-state index contributed by atoms with van der Waals surface area (Å²) in [7, 11) is 0. The lowest BCUT2D eigenvalue weighted by atomic mass is 10.1. The van der Waals surface area contributed by atoms with Crippen molar-refractivity contribution in [3.63, 3.8) is 0 Å². The SMILES string of the molecule is CCCC(C)Cn1cc(N)nn1. The summed E-state index contributed by atoms with van der Waals surface area (Å²) < 4.78 is 1.80. The first kappa shape index (κ1) is 9.03. The van der Waals surface area contributed by atoms with Crippen LogP contribution in [0.4, 0.5) is 5.82 Å². The summed E-state index contributed by atoms with van der Waals surface area (Å²) in [6, 6.07) is 0. The second-order valence-electron chi connectivity index (χ2n) is 3.26. The number of nitrogen functional groups attached to an aromatic ring is 1. The number of hydrogen-bond acceptors (Lipinski definition) is 3. The summed E-state index contributed by atoms with van der Waals surface area (Å²) >= 11 is 0. The van der Waals surface area contributed by atoms with Crippen LogP contribution in [0.5, 0.6) is 0 Å². The lowest BCUT2D eigenvalue weighted by Gasteiger charge is -2.08. The topological polar surface area (TPSA) is 56.7 Å². The van der Waals surface area contributed by atoms with Gasteiger partial charge in [0, 0.05) is 6.54 Å². The van der Waals surface area contributed by atoms with Crippen LogP contribution in [0.15, 0.2) is 6.20 Å². The van der Waals surface area contributed by atoms with Crippen LogP contribution in [0.2, 0.25) is 0 Å². The molecule has 1 heterocycles. The Hall–Kier alpha value is -1.06. The van der Waals surface area contributed by atoms with Crippen LogP contribution >= 0.6 is 0 Å². The minimum absolute atomic E-state index is 0.499. The van der Waals surface area contributed by atoms with Gasteiger partial charge in [0.2, 0.25) is 0 Å². The predicted octanol–water partition coefficient (Wildman–Crippen LogP) is 1.30. The van der Waals surface area contributed by atoms with Gasteiger partial charge in [-0.2, -0.15) is 0 Å². The average molecular weight is 168 g/mol. The Bertz CT molecular complexity index is 231. The normalized spacial score (nSPS) is 13.2. The summed E-state index contributed by atoms with van der Waals surface area (Å²) in [6.45, 7) is 5.31. The molecule has 4 nitrogen and oxygen atoms in total. The molecule has 0 saturated heterocycles. The van der Waals surface area contributed by atoms with Gasteiger partial charge in [-0.05, 0) is 12.3 Å². The van der Waals surface area contributed by atoms with E-state index in [0.717, 1.165) is 6.54 Å². The van der Waals surface area contributed by atoms with Crippen molar-refractivity contribution in [1.82, 2.24) is 15.0 Å². The van der Waals surface area contributed by atoms with E-state index in [9.17, 15) is 0 Å². The maximum absolute atomic E-state index is 5.43. The first-order valence-electron chi connectivity index (χ1n) is 4.38. The van der Waals surface area contributed by atoms with Gasteiger partial charge < -0.3 is 5.73 Å². The molecule has 0 spiro atoms. The molecule has 0 aliphatic heterocycles. The Labute approximate surface area is 72.8 Å². The Morgan fingerprint density at radius 2 is 2.42 bits per heavy atom. The van der Waals surface area contributed by atoms with E-state index in [4.69, 9.17) is 5.73 Å². The summed E-state index contributed by atoms with van der Waals surface area (Å²) in [5.41, 5.74) is 5.43. The molecule has 1 unspecified atom stereocenters. The fraction of sp³-hybridized carbons (Fsp3) is 0.750. The zero-order valence-electron chi connectivity index (χ0n) is 7.70. The number of rotatable bonds is 4. The van der Waals surface area contributed by atoms with Crippen LogP contribution in [0.25, 0.3) is 0 Å². The number of hydrogen-bond donors (Lipinski definition) is 1. The van der Waals surface area contributed by atoms with Crippen molar-refractivity contribution in [3.8, 4) is 0 Å². The quantitative estimate of drug-likeness (QED) is 0.737. The minimum Gasteiger partial charge on any atom is -0.381 e. The van der Waals surface area contributed by atoms with Crippen molar-refractivity contribution in [2.45, 2.75) is 33.2 Å². The molecule has 1 atom stereocenters. The Kier molecular flexibility index (Phi) is 3.08. The smallest absolute Gasteiger partial charge is 0.165 e. The van der Waals surface area contributed by atoms with Crippen molar-refractivity contribution in [2.75, 3.05) is 5.73 Å². The zero-order valence-corrected chi connectivity index (χ0v) is 7.70. The predicted molar refractivity (Wildman–Crippen MR) is 48.5 cm³/mol. The highest BCUT2D eigenvalue weighted by atomic mass is 15.4. The van der Waals surface area contributed by atoms with Gasteiger partial charge in [0.25, 0.3) is 0 Å². The summed E-state index contributed by atoms with van der Waals surface area (Å²) in [4.78, 5) is 0. The number of anilines is 1. The third kappa shape index (κ3) is 2.53. The Morgan fingerprint density at radius 3 is 2.92 bits per heavy atom. The van der Waals surface area contributed by atoms with Gasteiger partial charge in [0.15, 0.2) is 5.82 Å².